The number of aromatic nitrogens is 1. The van der Waals surface area contributed by atoms with Gasteiger partial charge in [0.2, 0.25) is 5.91 Å². The smallest absolute Gasteiger partial charge is 0.291 e. The van der Waals surface area contributed by atoms with Crippen LogP contribution >= 0.6 is 0 Å². The fourth-order valence-electron chi connectivity index (χ4n) is 3.34. The molecule has 1 aromatic carbocycles. The summed E-state index contributed by atoms with van der Waals surface area (Å²) in [6.07, 6.45) is 2.43. The Morgan fingerprint density at radius 2 is 2.00 bits per heavy atom. The summed E-state index contributed by atoms with van der Waals surface area (Å²) in [7, 11) is 0. The zero-order chi connectivity index (χ0) is 19.7. The molecule has 0 saturated heterocycles. The molecule has 1 N–H and O–H groups in total. The molecule has 0 atom stereocenters. The normalized spacial score (nSPS) is 12.7. The first-order chi connectivity index (χ1) is 13.5. The number of carbonyl (C=O) groups is 2. The predicted molar refractivity (Wildman–Crippen MR) is 105 cm³/mol. The van der Waals surface area contributed by atoms with E-state index in [1.54, 1.807) is 48.4 Å². The van der Waals surface area contributed by atoms with Crippen LogP contribution in [0.15, 0.2) is 63.9 Å². The fraction of sp³-hybridized carbons (Fsp3) is 0.190. The molecule has 2 aromatic heterocycles. The lowest BCUT2D eigenvalue weighted by molar-refractivity contribution is -0.116. The number of nitrogens with one attached hydrogen (secondary N) is 1. The van der Waals surface area contributed by atoms with E-state index in [4.69, 9.17) is 4.42 Å². The summed E-state index contributed by atoms with van der Waals surface area (Å²) in [6, 6.07) is 13.7. The van der Waals surface area contributed by atoms with Crippen molar-refractivity contribution in [3.63, 3.8) is 0 Å². The van der Waals surface area contributed by atoms with Crippen molar-refractivity contribution in [3.05, 3.63) is 82.2 Å². The van der Waals surface area contributed by atoms with Crippen LogP contribution < -0.4 is 15.8 Å². The van der Waals surface area contributed by atoms with Crippen molar-refractivity contribution in [1.82, 2.24) is 4.57 Å². The maximum absolute atomic E-state index is 12.5. The minimum absolute atomic E-state index is 0.0103. The molecule has 4 rings (SSSR count). The van der Waals surface area contributed by atoms with E-state index in [-0.39, 0.29) is 29.7 Å². The zero-order valence-electron chi connectivity index (χ0n) is 15.3. The van der Waals surface area contributed by atoms with E-state index >= 15 is 0 Å². The van der Waals surface area contributed by atoms with Gasteiger partial charge in [-0.2, -0.15) is 0 Å². The van der Waals surface area contributed by atoms with Crippen molar-refractivity contribution in [3.8, 4) is 0 Å². The summed E-state index contributed by atoms with van der Waals surface area (Å²) in [5, 5.41) is 2.82. The third kappa shape index (κ3) is 3.46. The zero-order valence-corrected chi connectivity index (χ0v) is 15.3. The molecule has 28 heavy (non-hydrogen) atoms. The van der Waals surface area contributed by atoms with E-state index in [9.17, 15) is 14.4 Å². The van der Waals surface area contributed by atoms with Crippen LogP contribution in [0.3, 0.4) is 0 Å². The topological polar surface area (TPSA) is 84.5 Å². The maximum Gasteiger partial charge on any atom is 0.291 e. The lowest BCUT2D eigenvalue weighted by atomic mass is 10.1. The molecule has 0 aliphatic carbocycles. The molecule has 0 unspecified atom stereocenters. The Morgan fingerprint density at radius 1 is 1.14 bits per heavy atom. The Morgan fingerprint density at radius 3 is 2.79 bits per heavy atom. The molecule has 0 spiro atoms. The summed E-state index contributed by atoms with van der Waals surface area (Å²) in [4.78, 5) is 37.6. The van der Waals surface area contributed by atoms with Crippen molar-refractivity contribution >= 4 is 23.2 Å². The molecule has 2 amide bonds. The van der Waals surface area contributed by atoms with Crippen molar-refractivity contribution < 1.29 is 14.0 Å². The van der Waals surface area contributed by atoms with E-state index in [0.717, 1.165) is 17.7 Å². The highest BCUT2D eigenvalue weighted by Gasteiger charge is 2.22. The van der Waals surface area contributed by atoms with Gasteiger partial charge in [-0.15, -0.1) is 0 Å². The van der Waals surface area contributed by atoms with Crippen molar-refractivity contribution in [2.45, 2.75) is 19.9 Å². The van der Waals surface area contributed by atoms with Gasteiger partial charge in [0, 0.05) is 37.1 Å². The maximum atomic E-state index is 12.5. The van der Waals surface area contributed by atoms with Gasteiger partial charge in [-0.3, -0.25) is 14.4 Å². The molecule has 3 aromatic rings. The standard InChI is InChI=1S/C21H19N3O4/c1-14(25)24-11-9-15-12-16(5-7-18(15)24)22-21(27)19-8-6-17(28-19)13-23-10-3-2-4-20(23)26/h2-8,10,12H,9,11,13H2,1H3,(H,22,27). The average molecular weight is 377 g/mol. The first-order valence-corrected chi connectivity index (χ1v) is 8.98. The lowest BCUT2D eigenvalue weighted by Crippen LogP contribution is -2.25. The largest absolute Gasteiger partial charge is 0.454 e. The highest BCUT2D eigenvalue weighted by Crippen LogP contribution is 2.30. The van der Waals surface area contributed by atoms with Gasteiger partial charge in [-0.25, -0.2) is 0 Å². The first kappa shape index (κ1) is 17.8. The summed E-state index contributed by atoms with van der Waals surface area (Å²) >= 11 is 0. The molecule has 0 saturated carbocycles. The second-order valence-corrected chi connectivity index (χ2v) is 6.65. The Labute approximate surface area is 161 Å². The molecular weight excluding hydrogens is 358 g/mol. The molecule has 0 radical (unpaired) electrons. The van der Waals surface area contributed by atoms with Gasteiger partial charge in [0.25, 0.3) is 11.5 Å². The first-order valence-electron chi connectivity index (χ1n) is 8.98. The third-order valence-corrected chi connectivity index (χ3v) is 4.72. The van der Waals surface area contributed by atoms with E-state index in [1.807, 2.05) is 12.1 Å². The van der Waals surface area contributed by atoms with Gasteiger partial charge in [-0.1, -0.05) is 6.07 Å². The van der Waals surface area contributed by atoms with Crippen LogP contribution in [0.25, 0.3) is 0 Å². The Kier molecular flexibility index (Phi) is 4.57. The van der Waals surface area contributed by atoms with Crippen LogP contribution in [0.5, 0.6) is 0 Å². The number of anilines is 2. The molecule has 1 aliphatic heterocycles. The lowest BCUT2D eigenvalue weighted by Gasteiger charge is -2.14. The number of rotatable bonds is 4. The fourth-order valence-corrected chi connectivity index (χ4v) is 3.34. The monoisotopic (exact) mass is 377 g/mol. The number of hydrogen-bond acceptors (Lipinski definition) is 4. The third-order valence-electron chi connectivity index (χ3n) is 4.72. The molecule has 7 heteroatoms. The van der Waals surface area contributed by atoms with Gasteiger partial charge in [-0.05, 0) is 48.4 Å². The molecular formula is C21H19N3O4. The molecule has 1 aliphatic rings. The molecule has 7 nitrogen and oxygen atoms in total. The number of furan rings is 1. The summed E-state index contributed by atoms with van der Waals surface area (Å²) in [6.45, 7) is 2.46. The van der Waals surface area contributed by atoms with Crippen LogP contribution in [-0.4, -0.2) is 22.9 Å². The minimum Gasteiger partial charge on any atom is -0.454 e. The Balaban J connectivity index is 1.46. The number of pyridine rings is 1. The Hall–Kier alpha value is -3.61. The van der Waals surface area contributed by atoms with E-state index in [0.29, 0.717) is 18.0 Å². The number of nitrogens with zero attached hydrogens (tertiary/aromatic N) is 2. The average Bonchev–Trinajstić information content (AvgIpc) is 3.30. The van der Waals surface area contributed by atoms with Crippen LogP contribution in [-0.2, 0) is 17.8 Å². The van der Waals surface area contributed by atoms with Gasteiger partial charge in [0.1, 0.15) is 5.76 Å². The number of hydrogen-bond donors (Lipinski definition) is 1. The SMILES string of the molecule is CC(=O)N1CCc2cc(NC(=O)c3ccc(Cn4ccccc4=O)o3)ccc21. The van der Waals surface area contributed by atoms with Gasteiger partial charge >= 0.3 is 0 Å². The number of benzene rings is 1. The van der Waals surface area contributed by atoms with Crippen molar-refractivity contribution in [1.29, 1.82) is 0 Å². The summed E-state index contributed by atoms with van der Waals surface area (Å²) < 4.78 is 7.09. The predicted octanol–water partition coefficient (Wildman–Crippen LogP) is 2.65. The van der Waals surface area contributed by atoms with Crippen molar-refractivity contribution in [2.75, 3.05) is 16.8 Å². The summed E-state index contributed by atoms with van der Waals surface area (Å²) in [5.74, 6) is 0.332. The second kappa shape index (κ2) is 7.19. The van der Waals surface area contributed by atoms with E-state index < -0.39 is 0 Å². The highest BCUT2D eigenvalue weighted by atomic mass is 16.4. The van der Waals surface area contributed by atoms with Crippen LogP contribution in [0.4, 0.5) is 11.4 Å². The minimum atomic E-state index is -0.368. The van der Waals surface area contributed by atoms with Crippen LogP contribution in [0.2, 0.25) is 0 Å². The van der Waals surface area contributed by atoms with Gasteiger partial charge in [0.15, 0.2) is 5.76 Å². The van der Waals surface area contributed by atoms with Gasteiger partial charge in [0.05, 0.1) is 6.54 Å². The highest BCUT2D eigenvalue weighted by molar-refractivity contribution is 6.02. The van der Waals surface area contributed by atoms with E-state index in [2.05, 4.69) is 5.32 Å². The molecule has 0 bridgehead atoms. The van der Waals surface area contributed by atoms with Crippen molar-refractivity contribution in [2.24, 2.45) is 0 Å². The molecule has 0 fully saturated rings. The molecule has 142 valence electrons. The quantitative estimate of drug-likeness (QED) is 0.758. The number of carbonyl (C=O) groups excluding carboxylic acids is 2. The second-order valence-electron chi connectivity index (χ2n) is 6.65. The van der Waals surface area contributed by atoms with Gasteiger partial charge < -0.3 is 19.2 Å². The number of amides is 2. The molecule has 3 heterocycles. The Bertz CT molecular complexity index is 1110. The summed E-state index contributed by atoms with van der Waals surface area (Å²) in [5.41, 5.74) is 2.42. The van der Waals surface area contributed by atoms with E-state index in [1.165, 1.54) is 10.6 Å². The number of fused-ring (bicyclic) bond motifs is 1. The van der Waals surface area contributed by atoms with Crippen LogP contribution in [0.1, 0.15) is 28.8 Å². The van der Waals surface area contributed by atoms with Crippen LogP contribution in [0, 0.1) is 0 Å².